The number of rotatable bonds is 9. The molecule has 1 unspecified atom stereocenters. The monoisotopic (exact) mass is 537 g/mol. The first-order valence-corrected chi connectivity index (χ1v) is 14.4. The molecule has 202 valence electrons. The third-order valence-electron chi connectivity index (χ3n) is 6.85. The van der Waals surface area contributed by atoms with Crippen LogP contribution < -0.4 is 15.4 Å². The van der Waals surface area contributed by atoms with Crippen molar-refractivity contribution >= 4 is 21.7 Å². The lowest BCUT2D eigenvalue weighted by Gasteiger charge is -2.24. The Morgan fingerprint density at radius 2 is 1.84 bits per heavy atom. The third kappa shape index (κ3) is 5.90. The maximum Gasteiger partial charge on any atom is 0.265 e. The van der Waals surface area contributed by atoms with Gasteiger partial charge in [-0.15, -0.1) is 0 Å². The van der Waals surface area contributed by atoms with Crippen LogP contribution in [0, 0.1) is 12.8 Å². The lowest BCUT2D eigenvalue weighted by Crippen LogP contribution is -2.56. The van der Waals surface area contributed by atoms with Crippen molar-refractivity contribution in [2.75, 3.05) is 19.6 Å². The summed E-state index contributed by atoms with van der Waals surface area (Å²) in [5.74, 6) is -0.591. The molecule has 1 atom stereocenters. The van der Waals surface area contributed by atoms with E-state index < -0.39 is 27.9 Å². The van der Waals surface area contributed by atoms with Crippen LogP contribution in [0.4, 0.5) is 0 Å². The van der Waals surface area contributed by atoms with E-state index >= 15 is 0 Å². The van der Waals surface area contributed by atoms with Crippen LogP contribution in [0.1, 0.15) is 53.4 Å². The van der Waals surface area contributed by atoms with Crippen LogP contribution in [0.15, 0.2) is 58.0 Å². The molecule has 2 aromatic carbocycles. The first-order valence-electron chi connectivity index (χ1n) is 13.0. The van der Waals surface area contributed by atoms with Crippen molar-refractivity contribution in [1.82, 2.24) is 15.4 Å². The number of hydrogen-bond donors (Lipinski definition) is 3. The van der Waals surface area contributed by atoms with E-state index in [1.165, 1.54) is 0 Å². The van der Waals surface area contributed by atoms with Gasteiger partial charge in [0.25, 0.3) is 15.9 Å². The molecule has 8 nitrogen and oxygen atoms in total. The molecule has 0 aliphatic carbocycles. The number of nitrogens with one attached hydrogen (secondary N) is 3. The molecule has 2 heterocycles. The molecule has 0 spiro atoms. The average Bonchev–Trinajstić information content (AvgIpc) is 3.44. The number of benzene rings is 2. The molecule has 1 aromatic heterocycles. The maximum absolute atomic E-state index is 13.6. The lowest BCUT2D eigenvalue weighted by atomic mass is 9.89. The summed E-state index contributed by atoms with van der Waals surface area (Å²) in [5, 5.41) is 6.10. The van der Waals surface area contributed by atoms with Crippen molar-refractivity contribution < 1.29 is 22.4 Å². The minimum absolute atomic E-state index is 0.129. The zero-order valence-electron chi connectivity index (χ0n) is 22.3. The molecule has 3 aromatic rings. The first-order chi connectivity index (χ1) is 18.1. The molecule has 1 saturated heterocycles. The van der Waals surface area contributed by atoms with E-state index in [0.717, 1.165) is 28.9 Å². The van der Waals surface area contributed by atoms with Crippen molar-refractivity contribution in [2.24, 2.45) is 5.92 Å². The smallest absolute Gasteiger partial charge is 0.265 e. The summed E-state index contributed by atoms with van der Waals surface area (Å²) < 4.78 is 35.0. The Kier molecular flexibility index (Phi) is 8.50. The van der Waals surface area contributed by atoms with Gasteiger partial charge in [-0.25, -0.2) is 13.1 Å². The number of Topliss-reactive ketones (excluding diaryl/α,β-unsaturated/α-hetero) is 1. The van der Waals surface area contributed by atoms with Crippen molar-refractivity contribution in [3.8, 4) is 11.3 Å². The van der Waals surface area contributed by atoms with Crippen LogP contribution in [0.5, 0.6) is 0 Å². The predicted octanol–water partition coefficient (Wildman–Crippen LogP) is 3.61. The Morgan fingerprint density at radius 3 is 2.47 bits per heavy atom. The molecule has 3 N–H and O–H groups in total. The molecular formula is C29H35N3O5S. The fourth-order valence-corrected chi connectivity index (χ4v) is 6.30. The second kappa shape index (κ2) is 11.6. The van der Waals surface area contributed by atoms with Crippen LogP contribution in [-0.2, 0) is 27.7 Å². The van der Waals surface area contributed by atoms with Crippen LogP contribution in [0.25, 0.3) is 11.3 Å². The van der Waals surface area contributed by atoms with Gasteiger partial charge in [0.05, 0.1) is 6.26 Å². The summed E-state index contributed by atoms with van der Waals surface area (Å²) in [4.78, 5) is 26.2. The van der Waals surface area contributed by atoms with Crippen molar-refractivity contribution in [1.29, 1.82) is 0 Å². The van der Waals surface area contributed by atoms with E-state index in [0.29, 0.717) is 37.2 Å². The summed E-state index contributed by atoms with van der Waals surface area (Å²) in [6, 6.07) is 12.6. The molecule has 0 radical (unpaired) electrons. The fourth-order valence-electron chi connectivity index (χ4n) is 4.80. The number of piperazine rings is 1. The Hall–Kier alpha value is -3.27. The number of carbonyl (C=O) groups is 2. The summed E-state index contributed by atoms with van der Waals surface area (Å²) >= 11 is 0. The highest BCUT2D eigenvalue weighted by molar-refractivity contribution is 7.90. The van der Waals surface area contributed by atoms with Crippen LogP contribution >= 0.6 is 0 Å². The summed E-state index contributed by atoms with van der Waals surface area (Å²) in [6.45, 7) is 8.78. The number of ketones is 1. The zero-order valence-corrected chi connectivity index (χ0v) is 23.1. The Labute approximate surface area is 224 Å². The normalized spacial score (nSPS) is 16.0. The second-order valence-corrected chi connectivity index (χ2v) is 11.6. The molecule has 1 amide bonds. The summed E-state index contributed by atoms with van der Waals surface area (Å²) in [6.07, 6.45) is 2.76. The highest BCUT2D eigenvalue weighted by Gasteiger charge is 2.32. The number of hydrogen-bond acceptors (Lipinski definition) is 7. The van der Waals surface area contributed by atoms with Gasteiger partial charge < -0.3 is 15.1 Å². The largest absolute Gasteiger partial charge is 0.464 e. The average molecular weight is 538 g/mol. The molecule has 1 aliphatic rings. The van der Waals surface area contributed by atoms with Crippen molar-refractivity contribution in [3.63, 3.8) is 0 Å². The third-order valence-corrected chi connectivity index (χ3v) is 8.38. The van der Waals surface area contributed by atoms with Crippen molar-refractivity contribution in [2.45, 2.75) is 51.5 Å². The van der Waals surface area contributed by atoms with E-state index in [4.69, 9.17) is 4.42 Å². The van der Waals surface area contributed by atoms with Gasteiger partial charge in [0.2, 0.25) is 0 Å². The van der Waals surface area contributed by atoms with E-state index in [-0.39, 0.29) is 16.2 Å². The van der Waals surface area contributed by atoms with Crippen molar-refractivity contribution in [3.05, 3.63) is 76.5 Å². The van der Waals surface area contributed by atoms with Gasteiger partial charge in [0.1, 0.15) is 16.7 Å². The first kappa shape index (κ1) is 27.8. The van der Waals surface area contributed by atoms with E-state index in [1.54, 1.807) is 33.1 Å². The number of furan rings is 1. The number of amides is 1. The molecule has 0 saturated carbocycles. The Balaban J connectivity index is 1.76. The van der Waals surface area contributed by atoms with E-state index in [1.807, 2.05) is 30.3 Å². The van der Waals surface area contributed by atoms with Crippen LogP contribution in [0.3, 0.4) is 0 Å². The number of aryl methyl sites for hydroxylation is 2. The molecule has 1 fully saturated rings. The highest BCUT2D eigenvalue weighted by atomic mass is 32.2. The highest BCUT2D eigenvalue weighted by Crippen LogP contribution is 2.31. The Morgan fingerprint density at radius 1 is 1.08 bits per heavy atom. The molecule has 38 heavy (non-hydrogen) atoms. The summed E-state index contributed by atoms with van der Waals surface area (Å²) in [7, 11) is -4.32. The zero-order chi connectivity index (χ0) is 27.4. The van der Waals surface area contributed by atoms with E-state index in [2.05, 4.69) is 28.3 Å². The SMILES string of the molecule is CCc1cc(-c2ccco2)ccc1Cc1ccc(C)c(S(=O)(=O)NC(=O)C2CNCCN2)c1C(=O)C(C)C. The number of carbonyl (C=O) groups excluding carboxylic acids is 2. The van der Waals surface area contributed by atoms with Crippen LogP contribution in [-0.4, -0.2) is 45.8 Å². The van der Waals surface area contributed by atoms with Crippen LogP contribution in [0.2, 0.25) is 0 Å². The second-order valence-electron chi connectivity index (χ2n) is 9.94. The summed E-state index contributed by atoms with van der Waals surface area (Å²) in [5.41, 5.74) is 4.20. The lowest BCUT2D eigenvalue weighted by molar-refractivity contribution is -0.121. The van der Waals surface area contributed by atoms with Gasteiger partial charge in [0, 0.05) is 36.7 Å². The topological polar surface area (TPSA) is 118 Å². The van der Waals surface area contributed by atoms with Gasteiger partial charge in [-0.1, -0.05) is 45.0 Å². The Bertz CT molecular complexity index is 1420. The van der Waals surface area contributed by atoms with Gasteiger partial charge in [-0.3, -0.25) is 9.59 Å². The number of sulfonamides is 1. The molecule has 9 heteroatoms. The molecular weight excluding hydrogens is 502 g/mol. The van der Waals surface area contributed by atoms with Gasteiger partial charge in [-0.2, -0.15) is 0 Å². The van der Waals surface area contributed by atoms with E-state index in [9.17, 15) is 18.0 Å². The minimum atomic E-state index is -4.32. The van der Waals surface area contributed by atoms with Gasteiger partial charge in [-0.05, 0) is 60.2 Å². The van der Waals surface area contributed by atoms with Gasteiger partial charge in [0.15, 0.2) is 5.78 Å². The minimum Gasteiger partial charge on any atom is -0.464 e. The standard InChI is InChI=1S/C29H35N3O5S/c1-5-20-15-22(25-7-6-14-37-25)11-10-21(20)16-23-9-8-19(4)28(26(23)27(33)18(2)3)38(35,36)32-29(34)24-17-30-12-13-31-24/h6-11,14-15,18,24,30-31H,5,12-13,16-17H2,1-4H3,(H,32,34). The molecule has 0 bridgehead atoms. The fraction of sp³-hybridized carbons (Fsp3) is 0.379. The maximum atomic E-state index is 13.6. The van der Waals surface area contributed by atoms with Gasteiger partial charge >= 0.3 is 0 Å². The predicted molar refractivity (Wildman–Crippen MR) is 147 cm³/mol. The molecule has 1 aliphatic heterocycles. The molecule has 4 rings (SSSR count). The quantitative estimate of drug-likeness (QED) is 0.357.